The van der Waals surface area contributed by atoms with Gasteiger partial charge in [-0.2, -0.15) is 5.10 Å². The molecule has 0 aliphatic rings. The van der Waals surface area contributed by atoms with E-state index in [1.165, 1.54) is 10.8 Å². The number of nitrogens with one attached hydrogen (secondary N) is 2. The molecule has 0 aliphatic carbocycles. The minimum Gasteiger partial charge on any atom is -0.353 e. The van der Waals surface area contributed by atoms with E-state index in [-0.39, 0.29) is 0 Å². The number of fused-ring (bicyclic) bond motifs is 3. The summed E-state index contributed by atoms with van der Waals surface area (Å²) in [5.74, 6) is 0.912. The van der Waals surface area contributed by atoms with Crippen LogP contribution in [-0.2, 0) is 0 Å². The van der Waals surface area contributed by atoms with Gasteiger partial charge in [-0.05, 0) is 46.7 Å². The van der Waals surface area contributed by atoms with Crippen LogP contribution < -0.4 is 0 Å². The molecule has 0 amide bonds. The highest BCUT2D eigenvalue weighted by Gasteiger charge is 2.08. The highest BCUT2D eigenvalue weighted by molar-refractivity contribution is 5.88. The van der Waals surface area contributed by atoms with E-state index >= 15 is 0 Å². The summed E-state index contributed by atoms with van der Waals surface area (Å²) in [4.78, 5) is 8.32. The van der Waals surface area contributed by atoms with Gasteiger partial charge >= 0.3 is 0 Å². The molecular weight excluding hydrogens is 334 g/mol. The van der Waals surface area contributed by atoms with E-state index in [1.54, 1.807) is 0 Å². The van der Waals surface area contributed by atoms with Crippen LogP contribution in [0.2, 0.25) is 0 Å². The van der Waals surface area contributed by atoms with Gasteiger partial charge in [0.15, 0.2) is 0 Å². The lowest BCUT2D eigenvalue weighted by molar-refractivity contribution is 1.03. The summed E-state index contributed by atoms with van der Waals surface area (Å²) in [6, 6.07) is 20.8. The fourth-order valence-electron chi connectivity index (χ4n) is 3.62. The molecule has 2 N–H and O–H groups in total. The summed E-state index contributed by atoms with van der Waals surface area (Å²) in [5.41, 5.74) is 5.19. The lowest BCUT2D eigenvalue weighted by atomic mass is 10.1. The van der Waals surface area contributed by atoms with Gasteiger partial charge in [-0.3, -0.25) is 5.10 Å². The van der Waals surface area contributed by atoms with Gasteiger partial charge in [-0.1, -0.05) is 30.3 Å². The fourth-order valence-corrected chi connectivity index (χ4v) is 3.62. The Balaban J connectivity index is 1.46. The normalized spacial score (nSPS) is 11.7. The van der Waals surface area contributed by atoms with Crippen LogP contribution in [0.5, 0.6) is 0 Å². The van der Waals surface area contributed by atoms with Crippen molar-refractivity contribution in [1.29, 1.82) is 0 Å². The average Bonchev–Trinajstić information content (AvgIpc) is 3.42. The molecule has 0 radical (unpaired) electrons. The van der Waals surface area contributed by atoms with Crippen LogP contribution in [0, 0.1) is 0 Å². The Labute approximate surface area is 154 Å². The number of nitrogens with zero attached hydrogens (tertiary/aromatic N) is 3. The van der Waals surface area contributed by atoms with Gasteiger partial charge in [0.2, 0.25) is 0 Å². The summed E-state index contributed by atoms with van der Waals surface area (Å²) >= 11 is 0. The second-order valence-corrected chi connectivity index (χ2v) is 6.75. The summed E-state index contributed by atoms with van der Waals surface area (Å²) in [7, 11) is 0. The van der Waals surface area contributed by atoms with Gasteiger partial charge < -0.3 is 9.55 Å². The Hall–Kier alpha value is -3.86. The Morgan fingerprint density at radius 3 is 2.44 bits per heavy atom. The molecule has 6 aromatic rings. The van der Waals surface area contributed by atoms with E-state index < -0.39 is 0 Å². The van der Waals surface area contributed by atoms with E-state index in [0.717, 1.165) is 39.0 Å². The van der Waals surface area contributed by atoms with E-state index in [4.69, 9.17) is 4.98 Å². The minimum absolute atomic E-state index is 0.912. The first-order valence-electron chi connectivity index (χ1n) is 8.84. The molecule has 0 bridgehead atoms. The number of H-pyrrole nitrogens is 2. The number of aromatic nitrogens is 5. The van der Waals surface area contributed by atoms with Crippen LogP contribution in [-0.4, -0.2) is 24.7 Å². The predicted molar refractivity (Wildman–Crippen MR) is 108 cm³/mol. The number of hydrogen-bond acceptors (Lipinski definition) is 2. The number of hydrogen-bond donors (Lipinski definition) is 2. The van der Waals surface area contributed by atoms with Crippen LogP contribution in [0.1, 0.15) is 0 Å². The largest absolute Gasteiger partial charge is 0.353 e. The van der Waals surface area contributed by atoms with Gasteiger partial charge in [-0.25, -0.2) is 4.98 Å². The zero-order valence-electron chi connectivity index (χ0n) is 14.3. The highest BCUT2D eigenvalue weighted by Crippen LogP contribution is 2.27. The lowest BCUT2D eigenvalue weighted by Gasteiger charge is -2.00. The Kier molecular flexibility index (Phi) is 2.82. The molecule has 0 unspecified atom stereocenters. The Morgan fingerprint density at radius 1 is 0.778 bits per heavy atom. The summed E-state index contributed by atoms with van der Waals surface area (Å²) in [5, 5.41) is 10.6. The zero-order valence-corrected chi connectivity index (χ0v) is 14.3. The van der Waals surface area contributed by atoms with Crippen molar-refractivity contribution in [1.82, 2.24) is 24.7 Å². The molecule has 4 aromatic heterocycles. The van der Waals surface area contributed by atoms with Gasteiger partial charge in [0.05, 0.1) is 22.7 Å². The molecule has 2 aromatic carbocycles. The molecule has 128 valence electrons. The van der Waals surface area contributed by atoms with Crippen LogP contribution in [0.4, 0.5) is 0 Å². The van der Waals surface area contributed by atoms with Crippen molar-refractivity contribution in [3.8, 4) is 17.1 Å². The summed E-state index contributed by atoms with van der Waals surface area (Å²) in [6.45, 7) is 0. The van der Waals surface area contributed by atoms with Crippen molar-refractivity contribution in [3.63, 3.8) is 0 Å². The third kappa shape index (κ3) is 2.25. The van der Waals surface area contributed by atoms with E-state index in [0.29, 0.717) is 0 Å². The molecule has 0 fully saturated rings. The fraction of sp³-hybridized carbons (Fsp3) is 0. The number of benzene rings is 2. The van der Waals surface area contributed by atoms with Crippen molar-refractivity contribution in [3.05, 3.63) is 79.3 Å². The second-order valence-electron chi connectivity index (χ2n) is 6.75. The minimum atomic E-state index is 0.912. The first-order valence-corrected chi connectivity index (χ1v) is 8.84. The van der Waals surface area contributed by atoms with Crippen LogP contribution in [0.25, 0.3) is 49.8 Å². The van der Waals surface area contributed by atoms with Crippen LogP contribution >= 0.6 is 0 Å². The van der Waals surface area contributed by atoms with E-state index in [9.17, 15) is 0 Å². The topological polar surface area (TPSA) is 62.3 Å². The molecule has 0 saturated carbocycles. The molecule has 0 saturated heterocycles. The molecule has 4 heterocycles. The first-order chi connectivity index (χ1) is 13.3. The SMILES string of the molecule is c1ccc2cn(-c3ccc4[nH]c(-c5ccc6[nH]ncc6c5)cc4n3)cc2c1. The lowest BCUT2D eigenvalue weighted by Crippen LogP contribution is -1.92. The first kappa shape index (κ1) is 14.3. The molecule has 0 aliphatic heterocycles. The predicted octanol–water partition coefficient (Wildman–Crippen LogP) is 5.05. The molecule has 0 atom stereocenters. The van der Waals surface area contributed by atoms with E-state index in [1.807, 2.05) is 18.3 Å². The van der Waals surface area contributed by atoms with Crippen molar-refractivity contribution < 1.29 is 0 Å². The average molecular weight is 349 g/mol. The third-order valence-corrected chi connectivity index (χ3v) is 5.03. The van der Waals surface area contributed by atoms with Gasteiger partial charge in [0.1, 0.15) is 5.82 Å². The molecule has 5 nitrogen and oxygen atoms in total. The molecule has 0 spiro atoms. The van der Waals surface area contributed by atoms with Crippen molar-refractivity contribution >= 4 is 32.7 Å². The number of aromatic amines is 2. The molecule has 5 heteroatoms. The zero-order chi connectivity index (χ0) is 17.8. The quantitative estimate of drug-likeness (QED) is 0.459. The van der Waals surface area contributed by atoms with Gasteiger partial charge in [0, 0.05) is 23.5 Å². The summed E-state index contributed by atoms with van der Waals surface area (Å²) in [6.07, 6.45) is 6.07. The standard InChI is InChI=1S/C22H15N5/c1-2-4-16-13-27(12-15(16)3-1)22-8-7-19-21(25-22)10-20(24-19)14-5-6-18-17(9-14)11-23-26-18/h1-13,24H,(H,23,26). The molecule has 27 heavy (non-hydrogen) atoms. The third-order valence-electron chi connectivity index (χ3n) is 5.03. The Morgan fingerprint density at radius 2 is 1.59 bits per heavy atom. The monoisotopic (exact) mass is 349 g/mol. The smallest absolute Gasteiger partial charge is 0.137 e. The Bertz CT molecular complexity index is 1400. The molecule has 6 rings (SSSR count). The number of rotatable bonds is 2. The summed E-state index contributed by atoms with van der Waals surface area (Å²) < 4.78 is 2.08. The second kappa shape index (κ2) is 5.32. The van der Waals surface area contributed by atoms with Crippen molar-refractivity contribution in [2.24, 2.45) is 0 Å². The van der Waals surface area contributed by atoms with Crippen LogP contribution in [0.15, 0.2) is 79.3 Å². The van der Waals surface area contributed by atoms with Crippen molar-refractivity contribution in [2.45, 2.75) is 0 Å². The molecular formula is C22H15N5. The maximum Gasteiger partial charge on any atom is 0.137 e. The maximum atomic E-state index is 4.85. The van der Waals surface area contributed by atoms with Gasteiger partial charge in [0.25, 0.3) is 0 Å². The highest BCUT2D eigenvalue weighted by atomic mass is 15.1. The van der Waals surface area contributed by atoms with Crippen LogP contribution in [0.3, 0.4) is 0 Å². The van der Waals surface area contributed by atoms with Crippen molar-refractivity contribution in [2.75, 3.05) is 0 Å². The number of pyridine rings is 1. The van der Waals surface area contributed by atoms with Gasteiger partial charge in [-0.15, -0.1) is 0 Å². The maximum absolute atomic E-state index is 4.85. The van der Waals surface area contributed by atoms with E-state index in [2.05, 4.69) is 80.7 Å².